The summed E-state index contributed by atoms with van der Waals surface area (Å²) in [6, 6.07) is 6.88. The number of esters is 2. The molecule has 20 heavy (non-hydrogen) atoms. The molecule has 0 spiro atoms. The van der Waals surface area contributed by atoms with Gasteiger partial charge < -0.3 is 14.2 Å². The molecule has 0 unspecified atom stereocenters. The molecule has 110 valence electrons. The molecule has 0 fully saturated rings. The highest BCUT2D eigenvalue weighted by Crippen LogP contribution is 2.21. The number of carbonyl (C=O) groups is 2. The Kier molecular flexibility index (Phi) is 6.87. The van der Waals surface area contributed by atoms with Crippen LogP contribution in [0.5, 0.6) is 5.75 Å². The van der Waals surface area contributed by atoms with Crippen molar-refractivity contribution in [2.45, 2.75) is 25.8 Å². The molecule has 0 bridgehead atoms. The molecule has 6 heteroatoms. The number of halogens is 1. The van der Waals surface area contributed by atoms with E-state index in [1.54, 1.807) is 38.1 Å². The molecule has 0 radical (unpaired) electrons. The first-order valence-corrected chi connectivity index (χ1v) is 6.81. The van der Waals surface area contributed by atoms with Crippen molar-refractivity contribution in [2.24, 2.45) is 0 Å². The van der Waals surface area contributed by atoms with Crippen molar-refractivity contribution in [3.05, 3.63) is 29.8 Å². The Bertz CT molecular complexity index is 443. The minimum absolute atomic E-state index is 0.148. The molecule has 0 aliphatic rings. The van der Waals surface area contributed by atoms with Gasteiger partial charge in [-0.05, 0) is 19.9 Å². The Hall–Kier alpha value is -1.75. The molecule has 0 aliphatic carbocycles. The van der Waals surface area contributed by atoms with Gasteiger partial charge in [0.25, 0.3) is 6.10 Å². The van der Waals surface area contributed by atoms with Gasteiger partial charge in [-0.15, -0.1) is 11.6 Å². The second-order valence-electron chi connectivity index (χ2n) is 3.74. The van der Waals surface area contributed by atoms with Crippen LogP contribution < -0.4 is 4.74 Å². The predicted octanol–water partition coefficient (Wildman–Crippen LogP) is 2.30. The second kappa shape index (κ2) is 8.43. The Balaban J connectivity index is 2.93. The van der Waals surface area contributed by atoms with Crippen LogP contribution in [0.25, 0.3) is 0 Å². The first-order valence-electron chi connectivity index (χ1n) is 6.27. The quantitative estimate of drug-likeness (QED) is 0.439. The van der Waals surface area contributed by atoms with Crippen LogP contribution >= 0.6 is 11.6 Å². The third-order valence-electron chi connectivity index (χ3n) is 2.36. The van der Waals surface area contributed by atoms with E-state index in [1.165, 1.54) is 0 Å². The van der Waals surface area contributed by atoms with E-state index in [0.29, 0.717) is 11.3 Å². The third-order valence-corrected chi connectivity index (χ3v) is 2.65. The molecule has 1 aromatic rings. The van der Waals surface area contributed by atoms with Gasteiger partial charge >= 0.3 is 11.9 Å². The summed E-state index contributed by atoms with van der Waals surface area (Å²) >= 11 is 5.78. The Morgan fingerprint density at radius 2 is 1.65 bits per heavy atom. The van der Waals surface area contributed by atoms with Gasteiger partial charge in [0, 0.05) is 5.56 Å². The van der Waals surface area contributed by atoms with Crippen LogP contribution in [0.1, 0.15) is 19.4 Å². The third kappa shape index (κ3) is 4.42. The van der Waals surface area contributed by atoms with Crippen molar-refractivity contribution >= 4 is 23.5 Å². The average Bonchev–Trinajstić information content (AvgIpc) is 2.45. The lowest BCUT2D eigenvalue weighted by atomic mass is 10.2. The molecule has 1 rings (SSSR count). The maximum Gasteiger partial charge on any atom is 0.359 e. The number of rotatable bonds is 7. The minimum atomic E-state index is -1.45. The highest BCUT2D eigenvalue weighted by atomic mass is 35.5. The number of para-hydroxylation sites is 1. The largest absolute Gasteiger partial charge is 0.466 e. The lowest BCUT2D eigenvalue weighted by Gasteiger charge is -2.17. The van der Waals surface area contributed by atoms with Crippen molar-refractivity contribution in [1.82, 2.24) is 0 Å². The predicted molar refractivity (Wildman–Crippen MR) is 73.7 cm³/mol. The van der Waals surface area contributed by atoms with E-state index in [4.69, 9.17) is 25.8 Å². The molecule has 0 aromatic heterocycles. The zero-order valence-electron chi connectivity index (χ0n) is 11.4. The van der Waals surface area contributed by atoms with E-state index >= 15 is 0 Å². The van der Waals surface area contributed by atoms with E-state index in [1.807, 2.05) is 0 Å². The molecule has 0 atom stereocenters. The maximum atomic E-state index is 11.8. The summed E-state index contributed by atoms with van der Waals surface area (Å²) in [5, 5.41) is 0. The van der Waals surface area contributed by atoms with Gasteiger partial charge in [0.15, 0.2) is 0 Å². The highest BCUT2D eigenvalue weighted by Gasteiger charge is 2.32. The Morgan fingerprint density at radius 3 is 2.15 bits per heavy atom. The van der Waals surface area contributed by atoms with Crippen LogP contribution in [0.2, 0.25) is 0 Å². The summed E-state index contributed by atoms with van der Waals surface area (Å²) in [5.74, 6) is -1.01. The summed E-state index contributed by atoms with van der Waals surface area (Å²) < 4.78 is 15.1. The van der Waals surface area contributed by atoms with E-state index in [-0.39, 0.29) is 19.1 Å². The molecule has 1 aromatic carbocycles. The topological polar surface area (TPSA) is 61.8 Å². The molecule has 0 saturated carbocycles. The van der Waals surface area contributed by atoms with Gasteiger partial charge in [-0.3, -0.25) is 0 Å². The van der Waals surface area contributed by atoms with Crippen LogP contribution in [0.4, 0.5) is 0 Å². The standard InChI is InChI=1S/C14H17ClO5/c1-3-18-13(16)12(14(17)19-4-2)20-11-8-6-5-7-10(11)9-15/h5-8,12H,3-4,9H2,1-2H3. The van der Waals surface area contributed by atoms with Gasteiger partial charge in [-0.2, -0.15) is 0 Å². The zero-order chi connectivity index (χ0) is 15.0. The lowest BCUT2D eigenvalue weighted by Crippen LogP contribution is -2.38. The molecule has 0 amide bonds. The molecule has 0 saturated heterocycles. The van der Waals surface area contributed by atoms with Crippen LogP contribution in [0.3, 0.4) is 0 Å². The molecule has 0 N–H and O–H groups in total. The summed E-state index contributed by atoms with van der Waals surface area (Å²) in [7, 11) is 0. The smallest absolute Gasteiger partial charge is 0.359 e. The molecular weight excluding hydrogens is 284 g/mol. The normalized spacial score (nSPS) is 10.2. The molecule has 5 nitrogen and oxygen atoms in total. The molecule has 0 heterocycles. The fourth-order valence-corrected chi connectivity index (χ4v) is 1.71. The maximum absolute atomic E-state index is 11.8. The number of hydrogen-bond acceptors (Lipinski definition) is 5. The monoisotopic (exact) mass is 300 g/mol. The highest BCUT2D eigenvalue weighted by molar-refractivity contribution is 6.17. The fourth-order valence-electron chi connectivity index (χ4n) is 1.48. The van der Waals surface area contributed by atoms with Gasteiger partial charge in [0.2, 0.25) is 0 Å². The van der Waals surface area contributed by atoms with Crippen molar-refractivity contribution < 1.29 is 23.8 Å². The minimum Gasteiger partial charge on any atom is -0.466 e. The van der Waals surface area contributed by atoms with Crippen molar-refractivity contribution in [3.63, 3.8) is 0 Å². The van der Waals surface area contributed by atoms with Gasteiger partial charge in [-0.25, -0.2) is 9.59 Å². The number of ether oxygens (including phenoxy) is 3. The number of benzene rings is 1. The Labute approximate surface area is 122 Å². The second-order valence-corrected chi connectivity index (χ2v) is 4.01. The number of carbonyl (C=O) groups excluding carboxylic acids is 2. The van der Waals surface area contributed by atoms with Crippen LogP contribution in [-0.4, -0.2) is 31.3 Å². The average molecular weight is 301 g/mol. The lowest BCUT2D eigenvalue weighted by molar-refractivity contribution is -0.166. The van der Waals surface area contributed by atoms with Crippen LogP contribution in [0.15, 0.2) is 24.3 Å². The van der Waals surface area contributed by atoms with E-state index in [2.05, 4.69) is 0 Å². The van der Waals surface area contributed by atoms with Crippen LogP contribution in [0, 0.1) is 0 Å². The zero-order valence-corrected chi connectivity index (χ0v) is 12.2. The Morgan fingerprint density at radius 1 is 1.10 bits per heavy atom. The summed E-state index contributed by atoms with van der Waals surface area (Å²) in [6.45, 7) is 3.59. The first-order chi connectivity index (χ1) is 9.63. The van der Waals surface area contributed by atoms with E-state index < -0.39 is 18.0 Å². The first kappa shape index (κ1) is 16.3. The van der Waals surface area contributed by atoms with E-state index in [9.17, 15) is 9.59 Å². The van der Waals surface area contributed by atoms with E-state index in [0.717, 1.165) is 0 Å². The molecular formula is C14H17ClO5. The van der Waals surface area contributed by atoms with Gasteiger partial charge in [0.1, 0.15) is 5.75 Å². The van der Waals surface area contributed by atoms with Gasteiger partial charge in [-0.1, -0.05) is 18.2 Å². The fraction of sp³-hybridized carbons (Fsp3) is 0.429. The van der Waals surface area contributed by atoms with Crippen molar-refractivity contribution in [1.29, 1.82) is 0 Å². The summed E-state index contributed by atoms with van der Waals surface area (Å²) in [5.41, 5.74) is 0.674. The van der Waals surface area contributed by atoms with Crippen molar-refractivity contribution in [3.8, 4) is 5.75 Å². The number of alkyl halides is 1. The molecule has 0 aliphatic heterocycles. The number of hydrogen-bond donors (Lipinski definition) is 0. The summed E-state index contributed by atoms with van der Waals surface area (Å²) in [4.78, 5) is 23.6. The van der Waals surface area contributed by atoms with Crippen molar-refractivity contribution in [2.75, 3.05) is 13.2 Å². The van der Waals surface area contributed by atoms with Crippen LogP contribution in [-0.2, 0) is 24.9 Å². The summed E-state index contributed by atoms with van der Waals surface area (Å²) in [6.07, 6.45) is -1.45. The SMILES string of the molecule is CCOC(=O)C(Oc1ccccc1CCl)C(=O)OCC. The van der Waals surface area contributed by atoms with Gasteiger partial charge in [0.05, 0.1) is 19.1 Å².